The van der Waals surface area contributed by atoms with Gasteiger partial charge in [-0.3, -0.25) is 4.79 Å². The molecule has 0 aliphatic rings. The third-order valence-electron chi connectivity index (χ3n) is 2.07. The van der Waals surface area contributed by atoms with Crippen LogP contribution in [0.3, 0.4) is 0 Å². The SMILES string of the molecule is CC(=O)OC(C)(C)Cc1cnc(Cl)c(C#N)c1. The molecule has 0 aromatic carbocycles. The molecule has 1 aromatic heterocycles. The van der Waals surface area contributed by atoms with Gasteiger partial charge < -0.3 is 4.74 Å². The van der Waals surface area contributed by atoms with Crippen LogP contribution < -0.4 is 0 Å². The predicted molar refractivity (Wildman–Crippen MR) is 63.5 cm³/mol. The first kappa shape index (κ1) is 13.5. The van der Waals surface area contributed by atoms with Crippen LogP contribution in [0, 0.1) is 11.3 Å². The van der Waals surface area contributed by atoms with Crippen molar-refractivity contribution in [2.24, 2.45) is 0 Å². The number of pyridine rings is 1. The Hall–Kier alpha value is -1.60. The maximum atomic E-state index is 10.9. The van der Waals surface area contributed by atoms with Crippen LogP contribution in [0.15, 0.2) is 12.3 Å². The van der Waals surface area contributed by atoms with E-state index < -0.39 is 5.60 Å². The minimum absolute atomic E-state index is 0.182. The molecule has 0 saturated carbocycles. The normalized spacial score (nSPS) is 10.8. The molecule has 0 amide bonds. The van der Waals surface area contributed by atoms with Gasteiger partial charge in [-0.25, -0.2) is 4.98 Å². The zero-order chi connectivity index (χ0) is 13.1. The summed E-state index contributed by atoms with van der Waals surface area (Å²) in [4.78, 5) is 14.8. The van der Waals surface area contributed by atoms with Gasteiger partial charge in [0.1, 0.15) is 16.8 Å². The number of carbonyl (C=O) groups is 1. The van der Waals surface area contributed by atoms with Crippen LogP contribution in [-0.2, 0) is 16.0 Å². The lowest BCUT2D eigenvalue weighted by molar-refractivity contribution is -0.153. The largest absolute Gasteiger partial charge is 0.459 e. The molecule has 4 nitrogen and oxygen atoms in total. The van der Waals surface area contributed by atoms with Gasteiger partial charge in [0.25, 0.3) is 0 Å². The van der Waals surface area contributed by atoms with Crippen molar-refractivity contribution >= 4 is 17.6 Å². The molecule has 17 heavy (non-hydrogen) atoms. The van der Waals surface area contributed by atoms with E-state index in [1.165, 1.54) is 6.92 Å². The summed E-state index contributed by atoms with van der Waals surface area (Å²) in [5.74, 6) is -0.336. The molecule has 0 bridgehead atoms. The van der Waals surface area contributed by atoms with Gasteiger partial charge in [-0.15, -0.1) is 0 Å². The summed E-state index contributed by atoms with van der Waals surface area (Å²) in [6, 6.07) is 3.61. The minimum atomic E-state index is -0.631. The zero-order valence-corrected chi connectivity index (χ0v) is 10.7. The quantitative estimate of drug-likeness (QED) is 0.612. The third-order valence-corrected chi connectivity index (χ3v) is 2.37. The first-order chi connectivity index (χ1) is 7.84. The van der Waals surface area contributed by atoms with E-state index in [2.05, 4.69) is 4.98 Å². The van der Waals surface area contributed by atoms with Gasteiger partial charge in [-0.2, -0.15) is 5.26 Å². The molecule has 0 saturated heterocycles. The summed E-state index contributed by atoms with van der Waals surface area (Å²) in [6.45, 7) is 4.96. The standard InChI is InChI=1S/C12H13ClN2O2/c1-8(16)17-12(2,3)5-9-4-10(6-14)11(13)15-7-9/h4,7H,5H2,1-3H3. The Bertz CT molecular complexity index is 478. The van der Waals surface area contributed by atoms with Crippen LogP contribution in [0.2, 0.25) is 5.15 Å². The van der Waals surface area contributed by atoms with Crippen LogP contribution >= 0.6 is 11.6 Å². The smallest absolute Gasteiger partial charge is 0.303 e. The van der Waals surface area contributed by atoms with Gasteiger partial charge in [-0.05, 0) is 25.5 Å². The number of ether oxygens (including phenoxy) is 1. The maximum absolute atomic E-state index is 10.9. The Balaban J connectivity index is 2.89. The Morgan fingerprint density at radius 1 is 1.65 bits per heavy atom. The van der Waals surface area contributed by atoms with Crippen molar-refractivity contribution in [3.8, 4) is 6.07 Å². The Morgan fingerprint density at radius 2 is 2.29 bits per heavy atom. The molecule has 1 aromatic rings. The molecule has 90 valence electrons. The fourth-order valence-electron chi connectivity index (χ4n) is 1.58. The Kier molecular flexibility index (Phi) is 4.08. The average molecular weight is 253 g/mol. The van der Waals surface area contributed by atoms with Gasteiger partial charge >= 0.3 is 5.97 Å². The maximum Gasteiger partial charge on any atom is 0.303 e. The van der Waals surface area contributed by atoms with E-state index in [4.69, 9.17) is 21.6 Å². The molecular formula is C12H13ClN2O2. The third kappa shape index (κ3) is 4.04. The van der Waals surface area contributed by atoms with Crippen LogP contribution in [0.1, 0.15) is 31.9 Å². The van der Waals surface area contributed by atoms with Crippen LogP contribution in [0.25, 0.3) is 0 Å². The van der Waals surface area contributed by atoms with Crippen molar-refractivity contribution in [3.05, 3.63) is 28.5 Å². The number of halogens is 1. The van der Waals surface area contributed by atoms with Gasteiger partial charge in [-0.1, -0.05) is 11.6 Å². The Labute approximate surface area is 105 Å². The minimum Gasteiger partial charge on any atom is -0.459 e. The summed E-state index contributed by atoms with van der Waals surface area (Å²) in [7, 11) is 0. The lowest BCUT2D eigenvalue weighted by Crippen LogP contribution is -2.29. The summed E-state index contributed by atoms with van der Waals surface area (Å²) in [5, 5.41) is 9.01. The van der Waals surface area contributed by atoms with Gasteiger partial charge in [0, 0.05) is 19.5 Å². The van der Waals surface area contributed by atoms with E-state index >= 15 is 0 Å². The topological polar surface area (TPSA) is 63.0 Å². The monoisotopic (exact) mass is 252 g/mol. The number of esters is 1. The second-order valence-corrected chi connectivity index (χ2v) is 4.68. The number of hydrogen-bond donors (Lipinski definition) is 0. The van der Waals surface area contributed by atoms with Gasteiger partial charge in [0.05, 0.1) is 5.56 Å². The van der Waals surface area contributed by atoms with Crippen molar-refractivity contribution in [1.29, 1.82) is 5.26 Å². The fourth-order valence-corrected chi connectivity index (χ4v) is 1.73. The van der Waals surface area contributed by atoms with Crippen molar-refractivity contribution in [2.45, 2.75) is 32.8 Å². The average Bonchev–Trinajstić information content (AvgIpc) is 2.18. The lowest BCUT2D eigenvalue weighted by Gasteiger charge is -2.24. The molecule has 0 radical (unpaired) electrons. The lowest BCUT2D eigenvalue weighted by atomic mass is 9.99. The molecule has 0 unspecified atom stereocenters. The van der Waals surface area contributed by atoms with Crippen molar-refractivity contribution in [2.75, 3.05) is 0 Å². The molecule has 1 heterocycles. The predicted octanol–water partition coefficient (Wildman–Crippen LogP) is 2.49. The molecule has 0 N–H and O–H groups in total. The van der Waals surface area contributed by atoms with Crippen LogP contribution in [-0.4, -0.2) is 16.6 Å². The van der Waals surface area contributed by atoms with E-state index in [0.29, 0.717) is 12.0 Å². The summed E-state index contributed by atoms with van der Waals surface area (Å²) >= 11 is 5.73. The highest BCUT2D eigenvalue weighted by atomic mass is 35.5. The molecular weight excluding hydrogens is 240 g/mol. The van der Waals surface area contributed by atoms with Crippen LogP contribution in [0.5, 0.6) is 0 Å². The fraction of sp³-hybridized carbons (Fsp3) is 0.417. The zero-order valence-electron chi connectivity index (χ0n) is 9.95. The van der Waals surface area contributed by atoms with E-state index in [1.54, 1.807) is 26.1 Å². The molecule has 0 aliphatic heterocycles. The Morgan fingerprint density at radius 3 is 2.82 bits per heavy atom. The number of carbonyl (C=O) groups excluding carboxylic acids is 1. The van der Waals surface area contributed by atoms with Crippen molar-refractivity contribution < 1.29 is 9.53 Å². The molecule has 1 rings (SSSR count). The summed E-state index contributed by atoms with van der Waals surface area (Å²) < 4.78 is 5.16. The molecule has 0 atom stereocenters. The van der Waals surface area contributed by atoms with Crippen LogP contribution in [0.4, 0.5) is 0 Å². The number of nitriles is 1. The number of nitrogens with zero attached hydrogens (tertiary/aromatic N) is 2. The van der Waals surface area contributed by atoms with Gasteiger partial charge in [0.2, 0.25) is 0 Å². The second-order valence-electron chi connectivity index (χ2n) is 4.32. The van der Waals surface area contributed by atoms with Gasteiger partial charge in [0.15, 0.2) is 0 Å². The van der Waals surface area contributed by atoms with Crippen molar-refractivity contribution in [1.82, 2.24) is 4.98 Å². The highest BCUT2D eigenvalue weighted by Gasteiger charge is 2.22. The first-order valence-electron chi connectivity index (χ1n) is 5.08. The molecule has 0 fully saturated rings. The second kappa shape index (κ2) is 5.15. The van der Waals surface area contributed by atoms with Crippen molar-refractivity contribution in [3.63, 3.8) is 0 Å². The summed E-state index contributed by atoms with van der Waals surface area (Å²) in [6.07, 6.45) is 2.06. The number of aromatic nitrogens is 1. The first-order valence-corrected chi connectivity index (χ1v) is 5.46. The van der Waals surface area contributed by atoms with E-state index in [-0.39, 0.29) is 11.1 Å². The molecule has 0 aliphatic carbocycles. The number of hydrogen-bond acceptors (Lipinski definition) is 4. The highest BCUT2D eigenvalue weighted by Crippen LogP contribution is 2.20. The van der Waals surface area contributed by atoms with E-state index in [0.717, 1.165) is 5.56 Å². The van der Waals surface area contributed by atoms with E-state index in [9.17, 15) is 4.79 Å². The van der Waals surface area contributed by atoms with E-state index in [1.807, 2.05) is 6.07 Å². The highest BCUT2D eigenvalue weighted by molar-refractivity contribution is 6.30. The molecule has 0 spiro atoms. The molecule has 5 heteroatoms. The summed E-state index contributed by atoms with van der Waals surface area (Å²) in [5.41, 5.74) is 0.494. The number of rotatable bonds is 3.